The van der Waals surface area contributed by atoms with Crippen LogP contribution in [-0.2, 0) is 9.59 Å². The Morgan fingerprint density at radius 3 is 2.54 bits per heavy atom. The van der Waals surface area contributed by atoms with Crippen LogP contribution in [0.5, 0.6) is 0 Å². The number of amides is 2. The molecule has 74 valence electrons. The molecule has 0 saturated heterocycles. The first-order valence-electron chi connectivity index (χ1n) is 3.76. The third-order valence-corrected chi connectivity index (χ3v) is 1.66. The lowest BCUT2D eigenvalue weighted by molar-refractivity contribution is -0.121. The summed E-state index contributed by atoms with van der Waals surface area (Å²) in [5, 5.41) is 10.8. The van der Waals surface area contributed by atoms with E-state index in [1.54, 1.807) is 13.8 Å². The number of nitrogens with two attached hydrogens (primary N) is 1. The molecular formula is C8H14N2O3. The lowest BCUT2D eigenvalue weighted by Crippen LogP contribution is -2.28. The fourth-order valence-electron chi connectivity index (χ4n) is 0.528. The monoisotopic (exact) mass is 186 g/mol. The Bertz CT molecular complexity index is 234. The van der Waals surface area contributed by atoms with Crippen molar-refractivity contribution in [1.29, 1.82) is 0 Å². The largest absolute Gasteiger partial charge is 0.401 e. The van der Waals surface area contributed by atoms with E-state index in [0.29, 0.717) is 0 Å². The van der Waals surface area contributed by atoms with E-state index in [-0.39, 0.29) is 18.7 Å². The first-order chi connectivity index (χ1) is 5.94. The van der Waals surface area contributed by atoms with Gasteiger partial charge in [0.25, 0.3) is 5.91 Å². The quantitative estimate of drug-likeness (QED) is 0.392. The Hall–Kier alpha value is -1.36. The maximum atomic E-state index is 10.8. The highest BCUT2D eigenvalue weighted by Crippen LogP contribution is 2.20. The molecule has 0 rings (SSSR count). The molecule has 0 aromatic heterocycles. The first kappa shape index (κ1) is 11.6. The number of carbonyl (C=O) groups is 2. The average molecular weight is 186 g/mol. The highest BCUT2D eigenvalue weighted by atomic mass is 16.3. The van der Waals surface area contributed by atoms with Crippen LogP contribution >= 0.6 is 0 Å². The summed E-state index contributed by atoms with van der Waals surface area (Å²) >= 11 is 0. The second-order valence-electron chi connectivity index (χ2n) is 3.27. The van der Waals surface area contributed by atoms with Crippen molar-refractivity contribution in [3.05, 3.63) is 11.8 Å². The zero-order valence-electron chi connectivity index (χ0n) is 7.70. The van der Waals surface area contributed by atoms with Crippen LogP contribution in [0, 0.1) is 5.41 Å². The second kappa shape index (κ2) is 4.61. The molecule has 0 aliphatic carbocycles. The van der Waals surface area contributed by atoms with Gasteiger partial charge in [-0.25, -0.2) is 0 Å². The molecule has 0 bridgehead atoms. The van der Waals surface area contributed by atoms with Crippen LogP contribution in [0.4, 0.5) is 0 Å². The number of hydrogen-bond acceptors (Lipinski definition) is 4. The molecule has 2 amide bonds. The van der Waals surface area contributed by atoms with Gasteiger partial charge < -0.3 is 10.8 Å². The van der Waals surface area contributed by atoms with Crippen molar-refractivity contribution < 1.29 is 14.7 Å². The van der Waals surface area contributed by atoms with E-state index < -0.39 is 11.3 Å². The van der Waals surface area contributed by atoms with Gasteiger partial charge in [-0.2, -0.15) is 0 Å². The maximum Gasteiger partial charge on any atom is 0.252 e. The SMILES string of the molecule is CC(C)(CO)C(N)=CC(=O)NC=O. The van der Waals surface area contributed by atoms with Crippen molar-refractivity contribution in [3.63, 3.8) is 0 Å². The van der Waals surface area contributed by atoms with Gasteiger partial charge in [0.1, 0.15) is 0 Å². The summed E-state index contributed by atoms with van der Waals surface area (Å²) in [6.45, 7) is 3.21. The van der Waals surface area contributed by atoms with Gasteiger partial charge in [-0.15, -0.1) is 0 Å². The molecule has 5 heteroatoms. The summed E-state index contributed by atoms with van der Waals surface area (Å²) < 4.78 is 0. The van der Waals surface area contributed by atoms with E-state index in [0.717, 1.165) is 6.08 Å². The molecule has 0 aromatic carbocycles. The molecule has 0 unspecified atom stereocenters. The average Bonchev–Trinajstić information content (AvgIpc) is 2.04. The van der Waals surface area contributed by atoms with Gasteiger partial charge >= 0.3 is 0 Å². The molecular weight excluding hydrogens is 172 g/mol. The number of aliphatic hydroxyl groups is 1. The summed E-state index contributed by atoms with van der Waals surface area (Å²) in [6.07, 6.45) is 1.36. The van der Waals surface area contributed by atoms with Gasteiger partial charge in [-0.05, 0) is 0 Å². The summed E-state index contributed by atoms with van der Waals surface area (Å²) in [5.74, 6) is -0.589. The highest BCUT2D eigenvalue weighted by molar-refractivity contribution is 5.94. The maximum absolute atomic E-state index is 10.8. The lowest BCUT2D eigenvalue weighted by Gasteiger charge is -2.21. The van der Waals surface area contributed by atoms with Crippen LogP contribution in [0.15, 0.2) is 11.8 Å². The van der Waals surface area contributed by atoms with E-state index in [2.05, 4.69) is 0 Å². The minimum atomic E-state index is -0.653. The van der Waals surface area contributed by atoms with Crippen LogP contribution in [-0.4, -0.2) is 24.0 Å². The number of hydrogen-bond donors (Lipinski definition) is 3. The van der Waals surface area contributed by atoms with E-state index in [9.17, 15) is 9.59 Å². The molecule has 0 aliphatic heterocycles. The Kier molecular flexibility index (Phi) is 4.13. The van der Waals surface area contributed by atoms with Gasteiger partial charge in [0.15, 0.2) is 0 Å². The van der Waals surface area contributed by atoms with Crippen LogP contribution < -0.4 is 11.1 Å². The fraction of sp³-hybridized carbons (Fsp3) is 0.500. The molecule has 0 atom stereocenters. The molecule has 0 aromatic rings. The molecule has 0 aliphatic rings. The summed E-state index contributed by atoms with van der Waals surface area (Å²) in [7, 11) is 0. The van der Waals surface area contributed by atoms with Crippen LogP contribution in [0.25, 0.3) is 0 Å². The molecule has 13 heavy (non-hydrogen) atoms. The van der Waals surface area contributed by atoms with Crippen molar-refractivity contribution in [1.82, 2.24) is 5.32 Å². The normalized spacial score (nSPS) is 12.4. The number of imide groups is 1. The van der Waals surface area contributed by atoms with E-state index in [1.165, 1.54) is 0 Å². The molecule has 0 saturated carbocycles. The molecule has 0 fully saturated rings. The number of aliphatic hydroxyl groups excluding tert-OH is 1. The molecule has 0 heterocycles. The minimum Gasteiger partial charge on any atom is -0.401 e. The zero-order valence-corrected chi connectivity index (χ0v) is 7.70. The molecule has 4 N–H and O–H groups in total. The van der Waals surface area contributed by atoms with Crippen LogP contribution in [0.3, 0.4) is 0 Å². The fourth-order valence-corrected chi connectivity index (χ4v) is 0.528. The number of carbonyl (C=O) groups excluding carboxylic acids is 2. The van der Waals surface area contributed by atoms with Gasteiger partial charge in [0.2, 0.25) is 6.41 Å². The smallest absolute Gasteiger partial charge is 0.252 e. The Morgan fingerprint density at radius 2 is 2.15 bits per heavy atom. The summed E-state index contributed by atoms with van der Waals surface area (Å²) in [5.41, 5.74) is 5.10. The van der Waals surface area contributed by atoms with Crippen LogP contribution in [0.1, 0.15) is 13.8 Å². The van der Waals surface area contributed by atoms with Crippen molar-refractivity contribution in [2.75, 3.05) is 6.61 Å². The Labute approximate surface area is 76.6 Å². The van der Waals surface area contributed by atoms with Gasteiger partial charge in [-0.3, -0.25) is 14.9 Å². The van der Waals surface area contributed by atoms with Crippen molar-refractivity contribution >= 4 is 12.3 Å². The van der Waals surface area contributed by atoms with Crippen molar-refractivity contribution in [3.8, 4) is 0 Å². The number of nitrogens with one attached hydrogen (secondary N) is 1. The standard InChI is InChI=1S/C8H14N2O3/c1-8(2,4-11)6(9)3-7(13)10-5-12/h3,5,11H,4,9H2,1-2H3,(H,10,12,13). The van der Waals surface area contributed by atoms with E-state index >= 15 is 0 Å². The third kappa shape index (κ3) is 3.71. The Morgan fingerprint density at radius 1 is 1.62 bits per heavy atom. The third-order valence-electron chi connectivity index (χ3n) is 1.66. The van der Waals surface area contributed by atoms with Crippen molar-refractivity contribution in [2.45, 2.75) is 13.8 Å². The van der Waals surface area contributed by atoms with Gasteiger partial charge in [-0.1, -0.05) is 13.8 Å². The summed E-state index contributed by atoms with van der Waals surface area (Å²) in [6, 6.07) is 0. The molecule has 5 nitrogen and oxygen atoms in total. The number of rotatable bonds is 4. The second-order valence-corrected chi connectivity index (χ2v) is 3.27. The Balaban J connectivity index is 4.48. The predicted octanol–water partition coefficient (Wildman–Crippen LogP) is -0.880. The van der Waals surface area contributed by atoms with Gasteiger partial charge in [0, 0.05) is 17.2 Å². The zero-order chi connectivity index (χ0) is 10.5. The van der Waals surface area contributed by atoms with E-state index in [4.69, 9.17) is 10.8 Å². The predicted molar refractivity (Wildman–Crippen MR) is 47.3 cm³/mol. The molecule has 0 spiro atoms. The first-order valence-corrected chi connectivity index (χ1v) is 3.76. The van der Waals surface area contributed by atoms with Crippen molar-refractivity contribution in [2.24, 2.45) is 11.1 Å². The van der Waals surface area contributed by atoms with E-state index in [1.807, 2.05) is 5.32 Å². The molecule has 0 radical (unpaired) electrons. The van der Waals surface area contributed by atoms with Crippen LogP contribution in [0.2, 0.25) is 0 Å². The highest BCUT2D eigenvalue weighted by Gasteiger charge is 2.20. The summed E-state index contributed by atoms with van der Waals surface area (Å²) in [4.78, 5) is 20.7. The topological polar surface area (TPSA) is 92.4 Å². The lowest BCUT2D eigenvalue weighted by atomic mass is 9.90. The minimum absolute atomic E-state index is 0.163. The van der Waals surface area contributed by atoms with Gasteiger partial charge in [0.05, 0.1) is 6.61 Å².